The van der Waals surface area contributed by atoms with Crippen LogP contribution >= 0.6 is 15.9 Å². The zero-order chi connectivity index (χ0) is 17.1. The molecule has 124 valence electrons. The molecule has 6 heteroatoms. The maximum absolute atomic E-state index is 12.6. The molecule has 0 bridgehead atoms. The normalized spacial score (nSPS) is 17.0. The summed E-state index contributed by atoms with van der Waals surface area (Å²) < 4.78 is 6.08. The Balaban J connectivity index is 1.69. The van der Waals surface area contributed by atoms with Crippen molar-refractivity contribution in [2.45, 2.75) is 12.5 Å². The third kappa shape index (κ3) is 3.43. The summed E-state index contributed by atoms with van der Waals surface area (Å²) in [6, 6.07) is 13.9. The average molecular weight is 389 g/mol. The lowest BCUT2D eigenvalue weighted by molar-refractivity contribution is -0.118. The van der Waals surface area contributed by atoms with Crippen LogP contribution in [-0.4, -0.2) is 31.5 Å². The number of ether oxygens (including phenoxy) is 1. The molecule has 3 rings (SSSR count). The quantitative estimate of drug-likeness (QED) is 0.875. The molecule has 1 aliphatic rings. The van der Waals surface area contributed by atoms with Gasteiger partial charge in [0.15, 0.2) is 0 Å². The Hall–Kier alpha value is -2.34. The highest BCUT2D eigenvalue weighted by Crippen LogP contribution is 2.24. The maximum atomic E-state index is 12.6. The molecule has 1 heterocycles. The van der Waals surface area contributed by atoms with Gasteiger partial charge in [0.1, 0.15) is 11.8 Å². The summed E-state index contributed by atoms with van der Waals surface area (Å²) in [4.78, 5) is 26.6. The number of benzene rings is 2. The molecule has 1 unspecified atom stereocenters. The van der Waals surface area contributed by atoms with Gasteiger partial charge in [-0.2, -0.15) is 0 Å². The van der Waals surface area contributed by atoms with Gasteiger partial charge < -0.3 is 15.0 Å². The summed E-state index contributed by atoms with van der Waals surface area (Å²) in [6.45, 7) is 0.587. The molecular weight excluding hydrogens is 372 g/mol. The van der Waals surface area contributed by atoms with E-state index in [-0.39, 0.29) is 11.8 Å². The van der Waals surface area contributed by atoms with Crippen LogP contribution in [0.15, 0.2) is 53.0 Å². The van der Waals surface area contributed by atoms with Gasteiger partial charge in [0.05, 0.1) is 7.11 Å². The van der Waals surface area contributed by atoms with Crippen LogP contribution < -0.4 is 15.0 Å². The molecule has 24 heavy (non-hydrogen) atoms. The van der Waals surface area contributed by atoms with Crippen molar-refractivity contribution in [3.63, 3.8) is 0 Å². The number of hydrogen-bond acceptors (Lipinski definition) is 3. The second-order valence-corrected chi connectivity index (χ2v) is 6.43. The highest BCUT2D eigenvalue weighted by molar-refractivity contribution is 9.10. The van der Waals surface area contributed by atoms with Gasteiger partial charge in [-0.3, -0.25) is 9.59 Å². The number of amides is 2. The monoisotopic (exact) mass is 388 g/mol. The van der Waals surface area contributed by atoms with Crippen LogP contribution in [0.2, 0.25) is 0 Å². The fraction of sp³-hybridized carbons (Fsp3) is 0.222. The summed E-state index contributed by atoms with van der Waals surface area (Å²) in [5.41, 5.74) is 1.31. The standard InChI is InChI=1S/C18H17BrN2O3/c1-24-15-4-2-3-12(11-15)17(22)20-16-9-10-21(18(16)23)14-7-5-13(19)6-8-14/h2-8,11,16H,9-10H2,1H3,(H,20,22). The lowest BCUT2D eigenvalue weighted by Gasteiger charge is -2.17. The van der Waals surface area contributed by atoms with E-state index in [4.69, 9.17) is 4.74 Å². The van der Waals surface area contributed by atoms with E-state index in [1.54, 1.807) is 36.3 Å². The van der Waals surface area contributed by atoms with E-state index in [2.05, 4.69) is 21.2 Å². The van der Waals surface area contributed by atoms with E-state index < -0.39 is 6.04 Å². The molecule has 1 aliphatic heterocycles. The van der Waals surface area contributed by atoms with Crippen molar-refractivity contribution >= 4 is 33.4 Å². The first kappa shape index (κ1) is 16.5. The molecule has 2 aromatic carbocycles. The Kier molecular flexibility index (Phi) is 4.85. The van der Waals surface area contributed by atoms with E-state index >= 15 is 0 Å². The third-order valence-electron chi connectivity index (χ3n) is 3.98. The number of nitrogens with zero attached hydrogens (tertiary/aromatic N) is 1. The van der Waals surface area contributed by atoms with E-state index in [0.717, 1.165) is 10.2 Å². The number of rotatable bonds is 4. The minimum atomic E-state index is -0.507. The summed E-state index contributed by atoms with van der Waals surface area (Å²) in [5.74, 6) is 0.246. The molecule has 0 radical (unpaired) electrons. The average Bonchev–Trinajstić information content (AvgIpc) is 2.96. The SMILES string of the molecule is COc1cccc(C(=O)NC2CCN(c3ccc(Br)cc3)C2=O)c1. The van der Waals surface area contributed by atoms with E-state index in [1.807, 2.05) is 24.3 Å². The number of carbonyl (C=O) groups is 2. The molecule has 0 saturated carbocycles. The number of hydrogen-bond donors (Lipinski definition) is 1. The van der Waals surface area contributed by atoms with Gasteiger partial charge in [-0.1, -0.05) is 22.0 Å². The van der Waals surface area contributed by atoms with Gasteiger partial charge in [0, 0.05) is 22.3 Å². The fourth-order valence-electron chi connectivity index (χ4n) is 2.70. The molecule has 0 spiro atoms. The molecule has 2 amide bonds. The van der Waals surface area contributed by atoms with Gasteiger partial charge in [0.25, 0.3) is 5.91 Å². The molecular formula is C18H17BrN2O3. The van der Waals surface area contributed by atoms with Crippen molar-refractivity contribution in [1.82, 2.24) is 5.32 Å². The van der Waals surface area contributed by atoms with E-state index in [1.165, 1.54) is 0 Å². The predicted octanol–water partition coefficient (Wildman–Crippen LogP) is 2.99. The van der Waals surface area contributed by atoms with Gasteiger partial charge in [-0.25, -0.2) is 0 Å². The topological polar surface area (TPSA) is 58.6 Å². The number of halogens is 1. The van der Waals surface area contributed by atoms with E-state index in [9.17, 15) is 9.59 Å². The number of methoxy groups -OCH3 is 1. The molecule has 1 N–H and O–H groups in total. The lowest BCUT2D eigenvalue weighted by Crippen LogP contribution is -2.41. The summed E-state index contributed by atoms with van der Waals surface area (Å²) in [7, 11) is 1.55. The lowest BCUT2D eigenvalue weighted by atomic mass is 10.1. The number of carbonyl (C=O) groups excluding carboxylic acids is 2. The summed E-state index contributed by atoms with van der Waals surface area (Å²) >= 11 is 3.38. The first-order chi connectivity index (χ1) is 11.6. The highest BCUT2D eigenvalue weighted by atomic mass is 79.9. The maximum Gasteiger partial charge on any atom is 0.252 e. The zero-order valence-electron chi connectivity index (χ0n) is 13.2. The van der Waals surface area contributed by atoms with Gasteiger partial charge in [-0.15, -0.1) is 0 Å². The van der Waals surface area contributed by atoms with Crippen molar-refractivity contribution in [3.8, 4) is 5.75 Å². The van der Waals surface area contributed by atoms with E-state index in [0.29, 0.717) is 24.3 Å². The van der Waals surface area contributed by atoms with Crippen molar-refractivity contribution in [2.75, 3.05) is 18.6 Å². The van der Waals surface area contributed by atoms with Crippen LogP contribution in [0.25, 0.3) is 0 Å². The summed E-state index contributed by atoms with van der Waals surface area (Å²) in [5, 5.41) is 2.81. The number of anilines is 1. The van der Waals surface area contributed by atoms with Crippen LogP contribution in [0, 0.1) is 0 Å². The summed E-state index contributed by atoms with van der Waals surface area (Å²) in [6.07, 6.45) is 0.588. The van der Waals surface area contributed by atoms with Gasteiger partial charge in [-0.05, 0) is 48.9 Å². The Morgan fingerprint density at radius 3 is 2.71 bits per heavy atom. The van der Waals surface area contributed by atoms with Gasteiger partial charge >= 0.3 is 0 Å². The Labute approximate surface area is 148 Å². The minimum absolute atomic E-state index is 0.0893. The Morgan fingerprint density at radius 1 is 1.25 bits per heavy atom. The smallest absolute Gasteiger partial charge is 0.252 e. The molecule has 0 aromatic heterocycles. The first-order valence-corrected chi connectivity index (χ1v) is 8.39. The van der Waals surface area contributed by atoms with Crippen LogP contribution in [0.5, 0.6) is 5.75 Å². The van der Waals surface area contributed by atoms with Crippen molar-refractivity contribution < 1.29 is 14.3 Å². The predicted molar refractivity (Wildman–Crippen MR) is 95.4 cm³/mol. The molecule has 5 nitrogen and oxygen atoms in total. The van der Waals surface area contributed by atoms with Crippen LogP contribution in [0.4, 0.5) is 5.69 Å². The molecule has 2 aromatic rings. The second kappa shape index (κ2) is 7.05. The zero-order valence-corrected chi connectivity index (χ0v) is 14.7. The van der Waals surface area contributed by atoms with Crippen LogP contribution in [0.1, 0.15) is 16.8 Å². The largest absolute Gasteiger partial charge is 0.497 e. The fourth-order valence-corrected chi connectivity index (χ4v) is 2.96. The van der Waals surface area contributed by atoms with Gasteiger partial charge in [0.2, 0.25) is 5.91 Å². The van der Waals surface area contributed by atoms with Crippen molar-refractivity contribution in [2.24, 2.45) is 0 Å². The van der Waals surface area contributed by atoms with Crippen molar-refractivity contribution in [3.05, 3.63) is 58.6 Å². The van der Waals surface area contributed by atoms with Crippen molar-refractivity contribution in [1.29, 1.82) is 0 Å². The second-order valence-electron chi connectivity index (χ2n) is 5.51. The minimum Gasteiger partial charge on any atom is -0.497 e. The Bertz CT molecular complexity index is 761. The van der Waals surface area contributed by atoms with Crippen LogP contribution in [-0.2, 0) is 4.79 Å². The third-order valence-corrected chi connectivity index (χ3v) is 4.51. The Morgan fingerprint density at radius 2 is 2.00 bits per heavy atom. The first-order valence-electron chi connectivity index (χ1n) is 7.60. The number of nitrogens with one attached hydrogen (secondary N) is 1. The molecule has 1 fully saturated rings. The molecule has 1 atom stereocenters. The van der Waals surface area contributed by atoms with Crippen LogP contribution in [0.3, 0.4) is 0 Å². The molecule has 1 saturated heterocycles. The highest BCUT2D eigenvalue weighted by Gasteiger charge is 2.33. The molecule has 0 aliphatic carbocycles.